The van der Waals surface area contributed by atoms with Crippen LogP contribution in [0.2, 0.25) is 0 Å². The van der Waals surface area contributed by atoms with Gasteiger partial charge in [0.05, 0.1) is 5.54 Å². The van der Waals surface area contributed by atoms with Gasteiger partial charge < -0.3 is 16.0 Å². The summed E-state index contributed by atoms with van der Waals surface area (Å²) in [6.45, 7) is 5.34. The molecule has 2 aliphatic rings. The summed E-state index contributed by atoms with van der Waals surface area (Å²) in [4.78, 5) is 16.6. The Kier molecular flexibility index (Phi) is 5.04. The molecule has 0 aromatic carbocycles. The lowest BCUT2D eigenvalue weighted by Crippen LogP contribution is -2.51. The Morgan fingerprint density at radius 1 is 1.35 bits per heavy atom. The molecule has 0 aromatic heterocycles. The first-order valence-corrected chi connectivity index (χ1v) is 7.89. The number of hydrogen-bond donors (Lipinski definition) is 2. The number of likely N-dealkylation sites (tertiary alicyclic amines) is 1. The molecular weight excluding hydrogens is 252 g/mol. The number of hydrogen-bond acceptors (Lipinski definition) is 4. The lowest BCUT2D eigenvalue weighted by Gasteiger charge is -2.29. The summed E-state index contributed by atoms with van der Waals surface area (Å²) in [6.07, 6.45) is 5.81. The first kappa shape index (κ1) is 15.7. The maximum Gasteiger partial charge on any atom is 0.237 e. The molecule has 3 unspecified atom stereocenters. The third-order valence-electron chi connectivity index (χ3n) is 5.48. The number of rotatable bonds is 6. The molecule has 0 spiro atoms. The fourth-order valence-electron chi connectivity index (χ4n) is 3.61. The number of carbonyl (C=O) groups is 1. The number of fused-ring (bicyclic) bond motifs is 2. The molecule has 2 saturated heterocycles. The molecule has 2 fully saturated rings. The van der Waals surface area contributed by atoms with Gasteiger partial charge in [-0.25, -0.2) is 0 Å². The Labute approximate surface area is 122 Å². The van der Waals surface area contributed by atoms with E-state index < -0.39 is 5.54 Å². The zero-order chi connectivity index (χ0) is 14.8. The largest absolute Gasteiger partial charge is 0.368 e. The van der Waals surface area contributed by atoms with Crippen LogP contribution in [0.15, 0.2) is 0 Å². The number of nitrogens with one attached hydrogen (secondary N) is 1. The molecule has 2 aliphatic heterocycles. The molecule has 3 atom stereocenters. The lowest BCUT2D eigenvalue weighted by atomic mass is 9.95. The standard InChI is InChI=1S/C15H30N4O/c1-15(17-2,14(16)20)8-4-9-19-10-7-12-5-6-13(11-19)18(12)3/h12-13,17H,4-11H2,1-3H3,(H2,16,20). The van der Waals surface area contributed by atoms with Gasteiger partial charge in [0.2, 0.25) is 5.91 Å². The first-order valence-electron chi connectivity index (χ1n) is 7.89. The third kappa shape index (κ3) is 3.32. The number of nitrogens with two attached hydrogens (primary N) is 1. The van der Waals surface area contributed by atoms with E-state index in [0.717, 1.165) is 31.5 Å². The van der Waals surface area contributed by atoms with E-state index in [-0.39, 0.29) is 5.91 Å². The predicted molar refractivity (Wildman–Crippen MR) is 81.5 cm³/mol. The summed E-state index contributed by atoms with van der Waals surface area (Å²) in [5.74, 6) is -0.255. The van der Waals surface area contributed by atoms with Crippen LogP contribution in [0.4, 0.5) is 0 Å². The van der Waals surface area contributed by atoms with Gasteiger partial charge in [-0.2, -0.15) is 0 Å². The summed E-state index contributed by atoms with van der Waals surface area (Å²) in [5.41, 5.74) is 4.90. The van der Waals surface area contributed by atoms with Crippen LogP contribution in [0, 0.1) is 0 Å². The second kappa shape index (κ2) is 6.41. The summed E-state index contributed by atoms with van der Waals surface area (Å²) in [5, 5.41) is 3.06. The number of nitrogens with zero attached hydrogens (tertiary/aromatic N) is 2. The molecule has 20 heavy (non-hydrogen) atoms. The summed E-state index contributed by atoms with van der Waals surface area (Å²) in [7, 11) is 4.08. The zero-order valence-corrected chi connectivity index (χ0v) is 13.2. The minimum absolute atomic E-state index is 0.255. The van der Waals surface area contributed by atoms with Crippen molar-refractivity contribution < 1.29 is 4.79 Å². The maximum absolute atomic E-state index is 11.5. The molecule has 1 amide bonds. The molecule has 2 heterocycles. The van der Waals surface area contributed by atoms with Crippen molar-refractivity contribution in [3.63, 3.8) is 0 Å². The molecule has 5 heteroatoms. The van der Waals surface area contributed by atoms with Crippen LogP contribution in [0.1, 0.15) is 39.0 Å². The minimum Gasteiger partial charge on any atom is -0.368 e. The van der Waals surface area contributed by atoms with Crippen LogP contribution in [-0.2, 0) is 4.79 Å². The van der Waals surface area contributed by atoms with Crippen molar-refractivity contribution in [2.45, 2.75) is 56.7 Å². The highest BCUT2D eigenvalue weighted by Gasteiger charge is 2.34. The van der Waals surface area contributed by atoms with Crippen LogP contribution in [-0.4, -0.2) is 67.1 Å². The Morgan fingerprint density at radius 3 is 2.70 bits per heavy atom. The highest BCUT2D eigenvalue weighted by atomic mass is 16.1. The maximum atomic E-state index is 11.5. The number of likely N-dealkylation sites (N-methyl/N-ethyl adjacent to an activating group) is 2. The molecule has 2 rings (SSSR count). The average Bonchev–Trinajstić information content (AvgIpc) is 2.65. The van der Waals surface area contributed by atoms with Crippen molar-refractivity contribution in [3.05, 3.63) is 0 Å². The summed E-state index contributed by atoms with van der Waals surface area (Å²) in [6, 6.07) is 1.52. The van der Waals surface area contributed by atoms with Crippen LogP contribution < -0.4 is 11.1 Å². The molecule has 0 aromatic rings. The van der Waals surface area contributed by atoms with E-state index in [0.29, 0.717) is 0 Å². The quantitative estimate of drug-likeness (QED) is 0.740. The van der Waals surface area contributed by atoms with Gasteiger partial charge in [-0.15, -0.1) is 0 Å². The van der Waals surface area contributed by atoms with Crippen molar-refractivity contribution in [1.82, 2.24) is 15.1 Å². The third-order valence-corrected chi connectivity index (χ3v) is 5.48. The van der Waals surface area contributed by atoms with E-state index in [9.17, 15) is 4.79 Å². The van der Waals surface area contributed by atoms with Crippen molar-refractivity contribution in [1.29, 1.82) is 0 Å². The number of amides is 1. The van der Waals surface area contributed by atoms with Gasteiger partial charge in [-0.05, 0) is 66.2 Å². The van der Waals surface area contributed by atoms with Gasteiger partial charge in [0.1, 0.15) is 0 Å². The summed E-state index contributed by atoms with van der Waals surface area (Å²) < 4.78 is 0. The molecular formula is C15H30N4O. The van der Waals surface area contributed by atoms with Crippen molar-refractivity contribution in [2.75, 3.05) is 33.7 Å². The Hall–Kier alpha value is -0.650. The van der Waals surface area contributed by atoms with E-state index in [1.54, 1.807) is 0 Å². The highest BCUT2D eigenvalue weighted by molar-refractivity contribution is 5.84. The van der Waals surface area contributed by atoms with Gasteiger partial charge in [0.15, 0.2) is 0 Å². The monoisotopic (exact) mass is 282 g/mol. The van der Waals surface area contributed by atoms with Crippen LogP contribution in [0.5, 0.6) is 0 Å². The van der Waals surface area contributed by atoms with Gasteiger partial charge >= 0.3 is 0 Å². The van der Waals surface area contributed by atoms with Gasteiger partial charge in [-0.1, -0.05) is 0 Å². The van der Waals surface area contributed by atoms with E-state index in [4.69, 9.17) is 5.73 Å². The zero-order valence-electron chi connectivity index (χ0n) is 13.2. The van der Waals surface area contributed by atoms with Crippen LogP contribution in [0.3, 0.4) is 0 Å². The SMILES string of the molecule is CNC(C)(CCCN1CCC2CCC(C1)N2C)C(N)=O. The molecule has 3 N–H and O–H groups in total. The van der Waals surface area contributed by atoms with E-state index in [2.05, 4.69) is 22.2 Å². The molecule has 0 aliphatic carbocycles. The fraction of sp³-hybridized carbons (Fsp3) is 0.933. The molecule has 116 valence electrons. The summed E-state index contributed by atoms with van der Waals surface area (Å²) >= 11 is 0. The van der Waals surface area contributed by atoms with Gasteiger partial charge in [-0.3, -0.25) is 9.69 Å². The Morgan fingerprint density at radius 2 is 2.05 bits per heavy atom. The second-order valence-electron chi connectivity index (χ2n) is 6.69. The van der Waals surface area contributed by atoms with E-state index in [1.807, 2.05) is 14.0 Å². The van der Waals surface area contributed by atoms with Crippen molar-refractivity contribution in [3.8, 4) is 0 Å². The van der Waals surface area contributed by atoms with Crippen LogP contribution >= 0.6 is 0 Å². The van der Waals surface area contributed by atoms with E-state index in [1.165, 1.54) is 32.4 Å². The fourth-order valence-corrected chi connectivity index (χ4v) is 3.61. The average molecular weight is 282 g/mol. The smallest absolute Gasteiger partial charge is 0.237 e. The lowest BCUT2D eigenvalue weighted by molar-refractivity contribution is -0.123. The molecule has 2 bridgehead atoms. The topological polar surface area (TPSA) is 61.6 Å². The molecule has 0 saturated carbocycles. The van der Waals surface area contributed by atoms with Crippen molar-refractivity contribution in [2.24, 2.45) is 5.73 Å². The molecule has 5 nitrogen and oxygen atoms in total. The highest BCUT2D eigenvalue weighted by Crippen LogP contribution is 2.28. The second-order valence-corrected chi connectivity index (χ2v) is 6.69. The normalized spacial score (nSPS) is 30.9. The predicted octanol–water partition coefficient (Wildman–Crippen LogP) is 0.399. The number of primary amides is 1. The van der Waals surface area contributed by atoms with E-state index >= 15 is 0 Å². The minimum atomic E-state index is -0.568. The van der Waals surface area contributed by atoms with Gasteiger partial charge in [0, 0.05) is 18.6 Å². The first-order chi connectivity index (χ1) is 9.46. The van der Waals surface area contributed by atoms with Gasteiger partial charge in [0.25, 0.3) is 0 Å². The molecule has 0 radical (unpaired) electrons. The Balaban J connectivity index is 1.79. The van der Waals surface area contributed by atoms with Crippen molar-refractivity contribution >= 4 is 5.91 Å². The van der Waals surface area contributed by atoms with Crippen LogP contribution in [0.25, 0.3) is 0 Å². The Bertz CT molecular complexity index is 349. The number of carbonyl (C=O) groups excluding carboxylic acids is 1.